The number of alkyl halides is 3. The van der Waals surface area contributed by atoms with Crippen molar-refractivity contribution in [2.45, 2.75) is 58.4 Å². The SMILES string of the molecule is Cc1nc(NC2CC(Cn3nccc3C(F)(F)F)C2)nc2c1NC(=O)[C@H](C(C)C)N2C. The van der Waals surface area contributed by atoms with Crippen LogP contribution in [0.2, 0.25) is 0 Å². The zero-order valence-electron chi connectivity index (χ0n) is 17.9. The van der Waals surface area contributed by atoms with Gasteiger partial charge in [-0.3, -0.25) is 9.48 Å². The summed E-state index contributed by atoms with van der Waals surface area (Å²) in [6.07, 6.45) is -1.81. The molecule has 1 atom stereocenters. The summed E-state index contributed by atoms with van der Waals surface area (Å²) in [4.78, 5) is 23.4. The number of hydrogen-bond donors (Lipinski definition) is 2. The van der Waals surface area contributed by atoms with E-state index >= 15 is 0 Å². The minimum atomic E-state index is -4.40. The van der Waals surface area contributed by atoms with E-state index in [0.29, 0.717) is 36.0 Å². The first-order valence-electron chi connectivity index (χ1n) is 10.3. The Balaban J connectivity index is 1.42. The maximum atomic E-state index is 13.0. The number of fused-ring (bicyclic) bond motifs is 1. The van der Waals surface area contributed by atoms with Crippen LogP contribution < -0.4 is 15.5 Å². The summed E-state index contributed by atoms with van der Waals surface area (Å²) in [7, 11) is 1.85. The molecule has 2 aliphatic rings. The lowest BCUT2D eigenvalue weighted by Crippen LogP contribution is -2.50. The number of carbonyl (C=O) groups is 1. The highest BCUT2D eigenvalue weighted by atomic mass is 19.4. The molecule has 8 nitrogen and oxygen atoms in total. The molecule has 1 aliphatic carbocycles. The number of halogens is 3. The predicted octanol–water partition coefficient (Wildman–Crippen LogP) is 3.30. The van der Waals surface area contributed by atoms with Crippen LogP contribution >= 0.6 is 0 Å². The highest BCUT2D eigenvalue weighted by Gasteiger charge is 2.38. The Hall–Kier alpha value is -2.85. The molecular weight excluding hydrogens is 411 g/mol. The molecule has 31 heavy (non-hydrogen) atoms. The quantitative estimate of drug-likeness (QED) is 0.746. The highest BCUT2D eigenvalue weighted by molar-refractivity contribution is 6.03. The number of nitrogens with one attached hydrogen (secondary N) is 2. The number of rotatable bonds is 5. The van der Waals surface area contributed by atoms with Crippen LogP contribution in [0.15, 0.2) is 12.3 Å². The number of hydrogen-bond acceptors (Lipinski definition) is 6. The molecule has 0 unspecified atom stereocenters. The first-order chi connectivity index (χ1) is 14.5. The number of nitrogens with zero attached hydrogens (tertiary/aromatic N) is 5. The van der Waals surface area contributed by atoms with Crippen molar-refractivity contribution in [1.82, 2.24) is 19.7 Å². The number of aromatic nitrogens is 4. The molecule has 1 amide bonds. The molecule has 0 aromatic carbocycles. The van der Waals surface area contributed by atoms with Gasteiger partial charge in [-0.25, -0.2) is 4.98 Å². The fourth-order valence-corrected chi connectivity index (χ4v) is 4.43. The van der Waals surface area contributed by atoms with Gasteiger partial charge in [0, 0.05) is 25.8 Å². The molecule has 4 rings (SSSR count). The van der Waals surface area contributed by atoms with E-state index in [-0.39, 0.29) is 36.4 Å². The van der Waals surface area contributed by atoms with Crippen molar-refractivity contribution < 1.29 is 18.0 Å². The summed E-state index contributed by atoms with van der Waals surface area (Å²) in [5.74, 6) is 1.26. The summed E-state index contributed by atoms with van der Waals surface area (Å²) >= 11 is 0. The van der Waals surface area contributed by atoms with Gasteiger partial charge in [-0.05, 0) is 37.7 Å². The second kappa shape index (κ2) is 7.69. The van der Waals surface area contributed by atoms with E-state index in [9.17, 15) is 18.0 Å². The average molecular weight is 437 g/mol. The fourth-order valence-electron chi connectivity index (χ4n) is 4.43. The van der Waals surface area contributed by atoms with Crippen LogP contribution in [0.5, 0.6) is 0 Å². The van der Waals surface area contributed by atoms with Crippen molar-refractivity contribution >= 4 is 23.4 Å². The third-order valence-corrected chi connectivity index (χ3v) is 5.98. The van der Waals surface area contributed by atoms with E-state index < -0.39 is 11.9 Å². The molecular formula is C20H26F3N7O. The molecule has 11 heteroatoms. The van der Waals surface area contributed by atoms with Crippen molar-refractivity contribution in [3.8, 4) is 0 Å². The summed E-state index contributed by atoms with van der Waals surface area (Å²) in [5.41, 5.74) is 0.555. The van der Waals surface area contributed by atoms with E-state index in [1.54, 1.807) is 0 Å². The minimum absolute atomic E-state index is 0.0731. The molecule has 1 saturated carbocycles. The summed E-state index contributed by atoms with van der Waals surface area (Å²) in [6, 6.07) is 0.758. The van der Waals surface area contributed by atoms with Crippen LogP contribution in [0.4, 0.5) is 30.6 Å². The summed E-state index contributed by atoms with van der Waals surface area (Å²) < 4.78 is 40.1. The zero-order chi connectivity index (χ0) is 22.5. The second-order valence-corrected chi connectivity index (χ2v) is 8.70. The molecule has 0 saturated heterocycles. The molecule has 1 fully saturated rings. The lowest BCUT2D eigenvalue weighted by atomic mass is 9.80. The van der Waals surface area contributed by atoms with Crippen molar-refractivity contribution in [2.24, 2.45) is 11.8 Å². The Labute approximate surface area is 178 Å². The molecule has 3 heterocycles. The monoisotopic (exact) mass is 437 g/mol. The molecule has 0 spiro atoms. The third kappa shape index (κ3) is 4.05. The van der Waals surface area contributed by atoms with Crippen LogP contribution in [0, 0.1) is 18.8 Å². The topological polar surface area (TPSA) is 88.0 Å². The first-order valence-corrected chi connectivity index (χ1v) is 10.3. The fraction of sp³-hybridized carbons (Fsp3) is 0.600. The average Bonchev–Trinajstić information content (AvgIpc) is 3.09. The van der Waals surface area contributed by atoms with Gasteiger partial charge < -0.3 is 15.5 Å². The number of likely N-dealkylation sites (N-methyl/N-ethyl adjacent to an activating group) is 1. The first kappa shape index (κ1) is 21.4. The van der Waals surface area contributed by atoms with E-state index in [0.717, 1.165) is 10.7 Å². The Morgan fingerprint density at radius 2 is 2.00 bits per heavy atom. The van der Waals surface area contributed by atoms with Gasteiger partial charge in [0.15, 0.2) is 5.82 Å². The highest BCUT2D eigenvalue weighted by Crippen LogP contribution is 2.37. The van der Waals surface area contributed by atoms with Gasteiger partial charge in [-0.15, -0.1) is 0 Å². The molecule has 1 aliphatic heterocycles. The Morgan fingerprint density at radius 3 is 2.65 bits per heavy atom. The van der Waals surface area contributed by atoms with Gasteiger partial charge >= 0.3 is 6.18 Å². The number of aryl methyl sites for hydroxylation is 1. The Kier molecular flexibility index (Phi) is 5.30. The van der Waals surface area contributed by atoms with Crippen molar-refractivity contribution in [3.63, 3.8) is 0 Å². The van der Waals surface area contributed by atoms with Crippen LogP contribution in [0.3, 0.4) is 0 Å². The lowest BCUT2D eigenvalue weighted by Gasteiger charge is -2.38. The van der Waals surface area contributed by atoms with Crippen LogP contribution in [0.25, 0.3) is 0 Å². The zero-order valence-corrected chi connectivity index (χ0v) is 17.9. The van der Waals surface area contributed by atoms with Crippen molar-refractivity contribution in [1.29, 1.82) is 0 Å². The lowest BCUT2D eigenvalue weighted by molar-refractivity contribution is -0.144. The van der Waals surface area contributed by atoms with Crippen LogP contribution in [-0.2, 0) is 17.5 Å². The number of amides is 1. The van der Waals surface area contributed by atoms with Gasteiger partial charge in [-0.2, -0.15) is 23.3 Å². The van der Waals surface area contributed by atoms with Gasteiger partial charge in [-0.1, -0.05) is 13.8 Å². The van der Waals surface area contributed by atoms with Crippen molar-refractivity contribution in [2.75, 3.05) is 22.6 Å². The smallest absolute Gasteiger partial charge is 0.351 e. The van der Waals surface area contributed by atoms with Gasteiger partial charge in [0.25, 0.3) is 0 Å². The second-order valence-electron chi connectivity index (χ2n) is 8.70. The maximum absolute atomic E-state index is 13.0. The van der Waals surface area contributed by atoms with E-state index in [2.05, 4.69) is 25.7 Å². The summed E-state index contributed by atoms with van der Waals surface area (Å²) in [5, 5.41) is 10.0. The molecule has 168 valence electrons. The van der Waals surface area contributed by atoms with Gasteiger partial charge in [0.2, 0.25) is 11.9 Å². The molecule has 2 N–H and O–H groups in total. The largest absolute Gasteiger partial charge is 0.433 e. The third-order valence-electron chi connectivity index (χ3n) is 5.98. The molecule has 2 aromatic heterocycles. The normalized spacial score (nSPS) is 23.4. The maximum Gasteiger partial charge on any atom is 0.433 e. The van der Waals surface area contributed by atoms with Gasteiger partial charge in [0.05, 0.1) is 5.69 Å². The van der Waals surface area contributed by atoms with Crippen LogP contribution in [0.1, 0.15) is 38.1 Å². The van der Waals surface area contributed by atoms with E-state index in [1.165, 1.54) is 6.20 Å². The van der Waals surface area contributed by atoms with E-state index in [1.807, 2.05) is 32.7 Å². The Bertz CT molecular complexity index is 982. The summed E-state index contributed by atoms with van der Waals surface area (Å²) in [6.45, 7) is 6.01. The van der Waals surface area contributed by atoms with Crippen LogP contribution in [-0.4, -0.2) is 44.8 Å². The molecule has 2 aromatic rings. The van der Waals surface area contributed by atoms with Gasteiger partial charge in [0.1, 0.15) is 17.4 Å². The molecule has 0 radical (unpaired) electrons. The standard InChI is InChI=1S/C20H26F3N7O/c1-10(2)16-18(31)27-15-11(3)25-19(28-17(15)29(16)4)26-13-7-12(8-13)9-30-14(5-6-24-30)20(21,22)23/h5-6,10,12-13,16H,7-9H2,1-4H3,(H,27,31)(H,25,26,28)/t12?,13?,16-/m0/s1. The van der Waals surface area contributed by atoms with E-state index in [4.69, 9.17) is 0 Å². The Morgan fingerprint density at radius 1 is 1.29 bits per heavy atom. The minimum Gasteiger partial charge on any atom is -0.351 e. The number of anilines is 3. The van der Waals surface area contributed by atoms with Crippen molar-refractivity contribution in [3.05, 3.63) is 23.7 Å². The number of carbonyl (C=O) groups excluding carboxylic acids is 1. The molecule has 0 bridgehead atoms. The predicted molar refractivity (Wildman–Crippen MR) is 110 cm³/mol.